The van der Waals surface area contributed by atoms with E-state index in [0.717, 1.165) is 71.0 Å². The summed E-state index contributed by atoms with van der Waals surface area (Å²) in [7, 11) is 1.85. The first-order valence-electron chi connectivity index (χ1n) is 9.63. The van der Waals surface area contributed by atoms with E-state index in [1.54, 1.807) is 0 Å². The maximum absolute atomic E-state index is 5.36. The Morgan fingerprint density at radius 2 is 1.96 bits per heavy atom. The van der Waals surface area contributed by atoms with Crippen molar-refractivity contribution in [1.29, 1.82) is 0 Å². The number of nitrogens with zero attached hydrogens (tertiary/aromatic N) is 2. The summed E-state index contributed by atoms with van der Waals surface area (Å²) in [4.78, 5) is 6.89. The average Bonchev–Trinajstić information content (AvgIpc) is 2.66. The van der Waals surface area contributed by atoms with Gasteiger partial charge in [-0.05, 0) is 38.2 Å². The average molecular weight is 347 g/mol. The van der Waals surface area contributed by atoms with Crippen LogP contribution < -0.4 is 10.6 Å². The summed E-state index contributed by atoms with van der Waals surface area (Å²) in [5, 5.41) is 6.99. The molecule has 1 aromatic rings. The SMILES string of the molecule is CCOCCCCNC(=NC)NC1CCN(Cc2ccccc2)CC1. The molecule has 0 radical (unpaired) electrons. The molecule has 2 N–H and O–H groups in total. The van der Waals surface area contributed by atoms with E-state index in [-0.39, 0.29) is 0 Å². The highest BCUT2D eigenvalue weighted by Gasteiger charge is 2.19. The van der Waals surface area contributed by atoms with Crippen LogP contribution in [-0.2, 0) is 11.3 Å². The Kier molecular flexibility index (Phi) is 9.37. The van der Waals surface area contributed by atoms with Gasteiger partial charge in [-0.15, -0.1) is 0 Å². The van der Waals surface area contributed by atoms with Crippen LogP contribution in [0.2, 0.25) is 0 Å². The van der Waals surface area contributed by atoms with Crippen molar-refractivity contribution < 1.29 is 4.74 Å². The second kappa shape index (κ2) is 11.9. The zero-order valence-electron chi connectivity index (χ0n) is 15.8. The summed E-state index contributed by atoms with van der Waals surface area (Å²) >= 11 is 0. The van der Waals surface area contributed by atoms with Gasteiger partial charge < -0.3 is 15.4 Å². The summed E-state index contributed by atoms with van der Waals surface area (Å²) in [5.74, 6) is 0.929. The number of hydrogen-bond donors (Lipinski definition) is 2. The molecule has 5 nitrogen and oxygen atoms in total. The lowest BCUT2D eigenvalue weighted by molar-refractivity contribution is 0.143. The van der Waals surface area contributed by atoms with Gasteiger partial charge in [0.1, 0.15) is 0 Å². The number of piperidine rings is 1. The molecule has 0 aliphatic carbocycles. The van der Waals surface area contributed by atoms with Gasteiger partial charge in [0.15, 0.2) is 5.96 Å². The summed E-state index contributed by atoms with van der Waals surface area (Å²) in [5.41, 5.74) is 1.40. The Morgan fingerprint density at radius 3 is 2.64 bits per heavy atom. The van der Waals surface area contributed by atoms with Gasteiger partial charge in [0, 0.05) is 52.5 Å². The Bertz CT molecular complexity index is 484. The van der Waals surface area contributed by atoms with Gasteiger partial charge in [0.25, 0.3) is 0 Å². The highest BCUT2D eigenvalue weighted by atomic mass is 16.5. The van der Waals surface area contributed by atoms with Gasteiger partial charge in [-0.1, -0.05) is 30.3 Å². The third kappa shape index (κ3) is 7.88. The number of benzene rings is 1. The molecule has 25 heavy (non-hydrogen) atoms. The van der Waals surface area contributed by atoms with E-state index in [2.05, 4.69) is 50.9 Å². The minimum absolute atomic E-state index is 0.515. The van der Waals surface area contributed by atoms with Crippen LogP contribution in [0.5, 0.6) is 0 Å². The van der Waals surface area contributed by atoms with Crippen molar-refractivity contribution in [2.24, 2.45) is 4.99 Å². The van der Waals surface area contributed by atoms with Gasteiger partial charge in [-0.25, -0.2) is 0 Å². The molecule has 0 amide bonds. The van der Waals surface area contributed by atoms with Crippen molar-refractivity contribution >= 4 is 5.96 Å². The van der Waals surface area contributed by atoms with Crippen LogP contribution in [-0.4, -0.2) is 56.8 Å². The number of hydrogen-bond acceptors (Lipinski definition) is 3. The smallest absolute Gasteiger partial charge is 0.191 e. The molecule has 0 spiro atoms. The van der Waals surface area contributed by atoms with E-state index < -0.39 is 0 Å². The van der Waals surface area contributed by atoms with Crippen LogP contribution in [0.1, 0.15) is 38.2 Å². The molecule has 0 aromatic heterocycles. The zero-order chi connectivity index (χ0) is 17.7. The number of guanidine groups is 1. The normalized spacial score (nSPS) is 16.8. The van der Waals surface area contributed by atoms with Crippen molar-refractivity contribution in [2.45, 2.75) is 45.2 Å². The van der Waals surface area contributed by atoms with E-state index >= 15 is 0 Å². The maximum Gasteiger partial charge on any atom is 0.191 e. The van der Waals surface area contributed by atoms with Crippen LogP contribution in [0.4, 0.5) is 0 Å². The molecule has 1 fully saturated rings. The molecule has 0 bridgehead atoms. The van der Waals surface area contributed by atoms with Crippen LogP contribution in [0.15, 0.2) is 35.3 Å². The number of likely N-dealkylation sites (tertiary alicyclic amines) is 1. The highest BCUT2D eigenvalue weighted by molar-refractivity contribution is 5.79. The molecule has 1 saturated heterocycles. The lowest BCUT2D eigenvalue weighted by Crippen LogP contribution is -2.48. The Morgan fingerprint density at radius 1 is 1.20 bits per heavy atom. The van der Waals surface area contributed by atoms with Crippen molar-refractivity contribution in [2.75, 3.05) is 39.9 Å². The van der Waals surface area contributed by atoms with E-state index in [4.69, 9.17) is 4.74 Å². The molecular weight excluding hydrogens is 312 g/mol. The van der Waals surface area contributed by atoms with Crippen molar-refractivity contribution in [1.82, 2.24) is 15.5 Å². The van der Waals surface area contributed by atoms with Crippen LogP contribution >= 0.6 is 0 Å². The van der Waals surface area contributed by atoms with E-state index in [9.17, 15) is 0 Å². The Hall–Kier alpha value is -1.59. The Balaban J connectivity index is 1.61. The fourth-order valence-corrected chi connectivity index (χ4v) is 3.15. The van der Waals surface area contributed by atoms with Gasteiger partial charge in [-0.3, -0.25) is 9.89 Å². The zero-order valence-corrected chi connectivity index (χ0v) is 15.8. The summed E-state index contributed by atoms with van der Waals surface area (Å²) in [6, 6.07) is 11.3. The van der Waals surface area contributed by atoms with Gasteiger partial charge in [0.05, 0.1) is 0 Å². The van der Waals surface area contributed by atoms with Gasteiger partial charge in [0.2, 0.25) is 0 Å². The molecule has 0 atom stereocenters. The summed E-state index contributed by atoms with van der Waals surface area (Å²) < 4.78 is 5.36. The van der Waals surface area contributed by atoms with Crippen LogP contribution in [0.25, 0.3) is 0 Å². The first kappa shape index (κ1) is 19.7. The molecule has 0 saturated carbocycles. The molecule has 1 heterocycles. The van der Waals surface area contributed by atoms with Gasteiger partial charge in [-0.2, -0.15) is 0 Å². The second-order valence-corrected chi connectivity index (χ2v) is 6.58. The quantitative estimate of drug-likeness (QED) is 0.410. The number of rotatable bonds is 9. The van der Waals surface area contributed by atoms with E-state index in [1.165, 1.54) is 5.56 Å². The minimum atomic E-state index is 0.515. The minimum Gasteiger partial charge on any atom is -0.382 e. The number of nitrogens with one attached hydrogen (secondary N) is 2. The molecule has 2 rings (SSSR count). The lowest BCUT2D eigenvalue weighted by atomic mass is 10.0. The third-order valence-electron chi connectivity index (χ3n) is 4.61. The molecule has 140 valence electrons. The molecular formula is C20H34N4O. The van der Waals surface area contributed by atoms with E-state index in [1.807, 2.05) is 14.0 Å². The largest absolute Gasteiger partial charge is 0.382 e. The highest BCUT2D eigenvalue weighted by Crippen LogP contribution is 2.13. The lowest BCUT2D eigenvalue weighted by Gasteiger charge is -2.33. The molecule has 0 unspecified atom stereocenters. The fourth-order valence-electron chi connectivity index (χ4n) is 3.15. The fraction of sp³-hybridized carbons (Fsp3) is 0.650. The predicted molar refractivity (Wildman–Crippen MR) is 105 cm³/mol. The van der Waals surface area contributed by atoms with Crippen molar-refractivity contribution in [3.05, 3.63) is 35.9 Å². The second-order valence-electron chi connectivity index (χ2n) is 6.58. The third-order valence-corrected chi connectivity index (χ3v) is 4.61. The summed E-state index contributed by atoms with van der Waals surface area (Å²) in [6.45, 7) is 7.97. The number of unbranched alkanes of at least 4 members (excludes halogenated alkanes) is 1. The topological polar surface area (TPSA) is 48.9 Å². The molecule has 1 aliphatic rings. The maximum atomic E-state index is 5.36. The van der Waals surface area contributed by atoms with Crippen molar-refractivity contribution in [3.63, 3.8) is 0 Å². The molecule has 1 aliphatic heterocycles. The first-order valence-corrected chi connectivity index (χ1v) is 9.63. The van der Waals surface area contributed by atoms with E-state index in [0.29, 0.717) is 6.04 Å². The molecule has 5 heteroatoms. The van der Waals surface area contributed by atoms with Gasteiger partial charge >= 0.3 is 0 Å². The molecule has 1 aromatic carbocycles. The summed E-state index contributed by atoms with van der Waals surface area (Å²) in [6.07, 6.45) is 4.53. The first-order chi connectivity index (χ1) is 12.3. The number of aliphatic imine (C=N–C) groups is 1. The van der Waals surface area contributed by atoms with Crippen LogP contribution in [0.3, 0.4) is 0 Å². The standard InChI is InChI=1S/C20H34N4O/c1-3-25-16-8-7-13-22-20(21-2)23-19-11-14-24(15-12-19)17-18-9-5-4-6-10-18/h4-6,9-10,19H,3,7-8,11-17H2,1-2H3,(H2,21,22,23). The monoisotopic (exact) mass is 346 g/mol. The Labute approximate surface area is 152 Å². The van der Waals surface area contributed by atoms with Crippen LogP contribution in [0, 0.1) is 0 Å². The van der Waals surface area contributed by atoms with Crippen molar-refractivity contribution in [3.8, 4) is 0 Å². The number of ether oxygens (including phenoxy) is 1. The predicted octanol–water partition coefficient (Wildman–Crippen LogP) is 2.63.